The number of hydrogen-bond donors (Lipinski definition) is 1. The van der Waals surface area contributed by atoms with E-state index in [0.29, 0.717) is 19.5 Å². The number of hydrogen-bond acceptors (Lipinski definition) is 3. The molecule has 1 aromatic carbocycles. The van der Waals surface area contributed by atoms with E-state index >= 15 is 0 Å². The van der Waals surface area contributed by atoms with Crippen LogP contribution in [0, 0.1) is 19.8 Å². The third-order valence-corrected chi connectivity index (χ3v) is 4.42. The quantitative estimate of drug-likeness (QED) is 0.911. The van der Waals surface area contributed by atoms with Crippen LogP contribution in [0.5, 0.6) is 0 Å². The molecule has 1 saturated heterocycles. The van der Waals surface area contributed by atoms with Crippen LogP contribution in [0.4, 0.5) is 5.69 Å². The van der Waals surface area contributed by atoms with Crippen molar-refractivity contribution in [3.05, 3.63) is 59.4 Å². The summed E-state index contributed by atoms with van der Waals surface area (Å²) in [6.45, 7) is 5.00. The molecule has 0 saturated carbocycles. The van der Waals surface area contributed by atoms with Gasteiger partial charge in [0.2, 0.25) is 11.8 Å². The monoisotopic (exact) mass is 337 g/mol. The highest BCUT2D eigenvalue weighted by molar-refractivity contribution is 6.00. The van der Waals surface area contributed by atoms with Crippen molar-refractivity contribution in [3.8, 4) is 0 Å². The number of pyridine rings is 1. The Morgan fingerprint density at radius 2 is 2.00 bits per heavy atom. The molecule has 1 aliphatic rings. The van der Waals surface area contributed by atoms with E-state index in [2.05, 4.69) is 16.4 Å². The van der Waals surface area contributed by atoms with Gasteiger partial charge < -0.3 is 10.2 Å². The lowest BCUT2D eigenvalue weighted by molar-refractivity contribution is -0.126. The average Bonchev–Trinajstić information content (AvgIpc) is 2.97. The fourth-order valence-electron chi connectivity index (χ4n) is 3.24. The predicted molar refractivity (Wildman–Crippen MR) is 97.3 cm³/mol. The summed E-state index contributed by atoms with van der Waals surface area (Å²) >= 11 is 0. The minimum atomic E-state index is -0.294. The molecule has 0 radical (unpaired) electrons. The molecule has 0 bridgehead atoms. The molecule has 2 heterocycles. The van der Waals surface area contributed by atoms with Gasteiger partial charge in [0, 0.05) is 43.5 Å². The van der Waals surface area contributed by atoms with Crippen molar-refractivity contribution in [3.63, 3.8) is 0 Å². The van der Waals surface area contributed by atoms with Crippen molar-refractivity contribution in [2.45, 2.75) is 26.7 Å². The smallest absolute Gasteiger partial charge is 0.227 e. The van der Waals surface area contributed by atoms with Gasteiger partial charge in [-0.3, -0.25) is 14.6 Å². The summed E-state index contributed by atoms with van der Waals surface area (Å²) in [6.07, 6.45) is 2.70. The molecule has 1 fully saturated rings. The first kappa shape index (κ1) is 17.1. The molecule has 3 rings (SSSR count). The first-order valence-electron chi connectivity index (χ1n) is 8.59. The van der Waals surface area contributed by atoms with Crippen molar-refractivity contribution in [1.82, 2.24) is 10.3 Å². The van der Waals surface area contributed by atoms with Gasteiger partial charge in [-0.2, -0.15) is 0 Å². The van der Waals surface area contributed by atoms with Crippen molar-refractivity contribution >= 4 is 17.5 Å². The number of aryl methyl sites for hydroxylation is 2. The summed E-state index contributed by atoms with van der Waals surface area (Å²) in [7, 11) is 0. The Bertz CT molecular complexity index is 754. The van der Waals surface area contributed by atoms with Crippen LogP contribution < -0.4 is 10.2 Å². The maximum atomic E-state index is 12.4. The normalized spacial score (nSPS) is 17.0. The first-order valence-corrected chi connectivity index (χ1v) is 8.59. The Labute approximate surface area is 148 Å². The molecule has 2 amide bonds. The fourth-order valence-corrected chi connectivity index (χ4v) is 3.24. The molecule has 5 heteroatoms. The van der Waals surface area contributed by atoms with Crippen LogP contribution in [0.3, 0.4) is 0 Å². The molecule has 0 aliphatic carbocycles. The number of benzene rings is 1. The lowest BCUT2D eigenvalue weighted by atomic mass is 10.1. The molecule has 0 unspecified atom stereocenters. The van der Waals surface area contributed by atoms with Gasteiger partial charge in [0.25, 0.3) is 0 Å². The summed E-state index contributed by atoms with van der Waals surface area (Å²) in [5, 5.41) is 2.93. The summed E-state index contributed by atoms with van der Waals surface area (Å²) in [6, 6.07) is 11.8. The minimum absolute atomic E-state index is 0.00914. The SMILES string of the molecule is Cc1cc(C)cc(N2C[C@@H](C(=O)NCCc3ccccn3)CC2=O)c1. The molecule has 1 atom stereocenters. The molecule has 25 heavy (non-hydrogen) atoms. The molecule has 5 nitrogen and oxygen atoms in total. The van der Waals surface area contributed by atoms with Gasteiger partial charge in [-0.15, -0.1) is 0 Å². The van der Waals surface area contributed by atoms with Crippen molar-refractivity contribution in [1.29, 1.82) is 0 Å². The zero-order chi connectivity index (χ0) is 17.8. The molecule has 1 N–H and O–H groups in total. The highest BCUT2D eigenvalue weighted by Gasteiger charge is 2.35. The van der Waals surface area contributed by atoms with Crippen molar-refractivity contribution in [2.75, 3.05) is 18.0 Å². The number of anilines is 1. The Hall–Kier alpha value is -2.69. The van der Waals surface area contributed by atoms with Crippen LogP contribution in [-0.4, -0.2) is 29.9 Å². The van der Waals surface area contributed by atoms with Crippen LogP contribution in [0.25, 0.3) is 0 Å². The number of nitrogens with one attached hydrogen (secondary N) is 1. The van der Waals surface area contributed by atoms with Gasteiger partial charge >= 0.3 is 0 Å². The maximum absolute atomic E-state index is 12.4. The number of carbonyl (C=O) groups is 2. The van der Waals surface area contributed by atoms with Gasteiger partial charge in [0.1, 0.15) is 0 Å². The molecular weight excluding hydrogens is 314 g/mol. The first-order chi connectivity index (χ1) is 12.0. The van der Waals surface area contributed by atoms with Crippen LogP contribution in [0.15, 0.2) is 42.6 Å². The molecule has 1 aromatic heterocycles. The van der Waals surface area contributed by atoms with Gasteiger partial charge in [-0.1, -0.05) is 12.1 Å². The second-order valence-electron chi connectivity index (χ2n) is 6.61. The van der Waals surface area contributed by atoms with Gasteiger partial charge in [-0.05, 0) is 49.2 Å². The van der Waals surface area contributed by atoms with Crippen LogP contribution in [0.2, 0.25) is 0 Å². The summed E-state index contributed by atoms with van der Waals surface area (Å²) in [5.74, 6) is -0.344. The van der Waals surface area contributed by atoms with Crippen LogP contribution in [0.1, 0.15) is 23.2 Å². The van der Waals surface area contributed by atoms with Gasteiger partial charge in [0.05, 0.1) is 5.92 Å². The van der Waals surface area contributed by atoms with Crippen molar-refractivity contribution < 1.29 is 9.59 Å². The van der Waals surface area contributed by atoms with E-state index < -0.39 is 0 Å². The van der Waals surface area contributed by atoms with E-state index in [1.165, 1.54) is 0 Å². The molecular formula is C20H23N3O2. The molecule has 130 valence electrons. The summed E-state index contributed by atoms with van der Waals surface area (Å²) < 4.78 is 0. The van der Waals surface area contributed by atoms with E-state index in [0.717, 1.165) is 22.5 Å². The highest BCUT2D eigenvalue weighted by atomic mass is 16.2. The Morgan fingerprint density at radius 1 is 1.24 bits per heavy atom. The average molecular weight is 337 g/mol. The number of aromatic nitrogens is 1. The third-order valence-electron chi connectivity index (χ3n) is 4.42. The summed E-state index contributed by atoms with van der Waals surface area (Å²) in [4.78, 5) is 30.7. The van der Waals surface area contributed by atoms with Gasteiger partial charge in [0.15, 0.2) is 0 Å². The topological polar surface area (TPSA) is 62.3 Å². The highest BCUT2D eigenvalue weighted by Crippen LogP contribution is 2.27. The number of amides is 2. The van der Waals surface area contributed by atoms with E-state index in [1.807, 2.05) is 44.2 Å². The van der Waals surface area contributed by atoms with E-state index in [4.69, 9.17) is 0 Å². The zero-order valence-electron chi connectivity index (χ0n) is 14.7. The van der Waals surface area contributed by atoms with E-state index in [1.54, 1.807) is 11.1 Å². The van der Waals surface area contributed by atoms with Gasteiger partial charge in [-0.25, -0.2) is 0 Å². The third kappa shape index (κ3) is 4.24. The minimum Gasteiger partial charge on any atom is -0.355 e. The fraction of sp³-hybridized carbons (Fsp3) is 0.350. The Balaban J connectivity index is 1.57. The Kier molecular flexibility index (Phi) is 5.12. The number of carbonyl (C=O) groups excluding carboxylic acids is 2. The second kappa shape index (κ2) is 7.47. The number of nitrogens with zero attached hydrogens (tertiary/aromatic N) is 2. The van der Waals surface area contributed by atoms with E-state index in [-0.39, 0.29) is 24.2 Å². The lowest BCUT2D eigenvalue weighted by Gasteiger charge is -2.18. The zero-order valence-corrected chi connectivity index (χ0v) is 14.7. The van der Waals surface area contributed by atoms with Crippen LogP contribution in [-0.2, 0) is 16.0 Å². The summed E-state index contributed by atoms with van der Waals surface area (Å²) in [5.41, 5.74) is 4.06. The van der Waals surface area contributed by atoms with Crippen LogP contribution >= 0.6 is 0 Å². The molecule has 2 aromatic rings. The van der Waals surface area contributed by atoms with E-state index in [9.17, 15) is 9.59 Å². The molecule has 1 aliphatic heterocycles. The second-order valence-corrected chi connectivity index (χ2v) is 6.61. The predicted octanol–water partition coefficient (Wildman–Crippen LogP) is 2.41. The lowest BCUT2D eigenvalue weighted by Crippen LogP contribution is -2.34. The standard InChI is InChI=1S/C20H23N3O2/c1-14-9-15(2)11-18(10-14)23-13-16(12-19(23)24)20(25)22-8-6-17-5-3-4-7-21-17/h3-5,7,9-11,16H,6,8,12-13H2,1-2H3,(H,22,25)/t16-/m0/s1. The largest absolute Gasteiger partial charge is 0.355 e. The van der Waals surface area contributed by atoms with Crippen molar-refractivity contribution in [2.24, 2.45) is 5.92 Å². The Morgan fingerprint density at radius 3 is 2.68 bits per heavy atom. The maximum Gasteiger partial charge on any atom is 0.227 e. The molecule has 0 spiro atoms. The number of rotatable bonds is 5.